The quantitative estimate of drug-likeness (QED) is 0.786. The summed E-state index contributed by atoms with van der Waals surface area (Å²) >= 11 is 6.19. The Morgan fingerprint density at radius 2 is 2.12 bits per heavy atom. The van der Waals surface area contributed by atoms with E-state index in [1.165, 1.54) is 11.0 Å². The van der Waals surface area contributed by atoms with Gasteiger partial charge >= 0.3 is 11.9 Å². The second-order valence-electron chi connectivity index (χ2n) is 6.02. The fourth-order valence-corrected chi connectivity index (χ4v) is 3.53. The van der Waals surface area contributed by atoms with Crippen LogP contribution in [0.25, 0.3) is 0 Å². The van der Waals surface area contributed by atoms with E-state index in [2.05, 4.69) is 0 Å². The lowest BCUT2D eigenvalue weighted by atomic mass is 9.95. The van der Waals surface area contributed by atoms with E-state index >= 15 is 0 Å². The Balaban J connectivity index is 2.05. The lowest BCUT2D eigenvalue weighted by Gasteiger charge is -2.26. The molecule has 2 aliphatic heterocycles. The predicted octanol–water partition coefficient (Wildman–Crippen LogP) is 1.84. The van der Waals surface area contributed by atoms with Gasteiger partial charge in [-0.15, -0.1) is 0 Å². The minimum Gasteiger partial charge on any atom is -0.506 e. The first kappa shape index (κ1) is 16.6. The van der Waals surface area contributed by atoms with Gasteiger partial charge in [-0.3, -0.25) is 4.79 Å². The van der Waals surface area contributed by atoms with E-state index in [-0.39, 0.29) is 28.8 Å². The summed E-state index contributed by atoms with van der Waals surface area (Å²) in [6, 6.07) is 0.347. The second-order valence-corrected chi connectivity index (χ2v) is 6.43. The number of benzene rings is 1. The molecule has 0 radical (unpaired) electrons. The number of hydrogen-bond donors (Lipinski definition) is 2. The van der Waals surface area contributed by atoms with Gasteiger partial charge < -0.3 is 19.8 Å². The molecular formula is C16H16ClNO6. The number of halogens is 1. The number of nitrogens with zero attached hydrogens (tertiary/aromatic N) is 1. The number of phenolic OH excluding ortho intramolecular Hbond substituents is 1. The third kappa shape index (κ3) is 2.58. The number of rotatable bonds is 2. The summed E-state index contributed by atoms with van der Waals surface area (Å²) in [6.45, 7) is 1.97. The Labute approximate surface area is 142 Å². The highest BCUT2D eigenvalue weighted by Crippen LogP contribution is 2.37. The van der Waals surface area contributed by atoms with E-state index in [0.717, 1.165) is 0 Å². The standard InChI is InChI=1S/C16H16ClNO6/c1-7-5-8-10(17)6-9(13(19)12(8)16(23)24-7)14(20)18-4-2-3-11(18)15(21)22/h6-7,11,19H,2-5H2,1H3,(H,21,22)/t7?,11-/m0/s1. The largest absolute Gasteiger partial charge is 0.506 e. The lowest BCUT2D eigenvalue weighted by Crippen LogP contribution is -2.40. The van der Waals surface area contributed by atoms with Crippen molar-refractivity contribution in [1.29, 1.82) is 0 Å². The highest BCUT2D eigenvalue weighted by molar-refractivity contribution is 6.32. The molecule has 0 aromatic heterocycles. The molecule has 24 heavy (non-hydrogen) atoms. The number of aliphatic carboxylic acids is 1. The van der Waals surface area contributed by atoms with Gasteiger partial charge in [-0.05, 0) is 31.4 Å². The van der Waals surface area contributed by atoms with Gasteiger partial charge in [0, 0.05) is 18.0 Å². The van der Waals surface area contributed by atoms with Crippen LogP contribution >= 0.6 is 11.6 Å². The molecule has 7 nitrogen and oxygen atoms in total. The summed E-state index contributed by atoms with van der Waals surface area (Å²) in [6.07, 6.45) is 0.865. The highest BCUT2D eigenvalue weighted by atomic mass is 35.5. The van der Waals surface area contributed by atoms with E-state index in [1.807, 2.05) is 0 Å². The Morgan fingerprint density at radius 3 is 2.79 bits per heavy atom. The van der Waals surface area contributed by atoms with Crippen molar-refractivity contribution in [3.8, 4) is 5.75 Å². The number of carbonyl (C=O) groups excluding carboxylic acids is 2. The molecule has 0 bridgehead atoms. The number of fused-ring (bicyclic) bond motifs is 1. The smallest absolute Gasteiger partial charge is 0.342 e. The molecule has 0 aliphatic carbocycles. The summed E-state index contributed by atoms with van der Waals surface area (Å²) < 4.78 is 5.09. The van der Waals surface area contributed by atoms with Crippen molar-refractivity contribution in [2.45, 2.75) is 38.3 Å². The molecule has 1 amide bonds. The highest BCUT2D eigenvalue weighted by Gasteiger charge is 2.38. The number of carboxylic acid groups (broad SMARTS) is 1. The second kappa shape index (κ2) is 5.98. The van der Waals surface area contributed by atoms with E-state index in [4.69, 9.17) is 16.3 Å². The van der Waals surface area contributed by atoms with Crippen molar-refractivity contribution in [2.75, 3.05) is 6.54 Å². The molecule has 3 rings (SSSR count). The Morgan fingerprint density at radius 1 is 1.42 bits per heavy atom. The Bertz CT molecular complexity index is 747. The summed E-state index contributed by atoms with van der Waals surface area (Å²) in [4.78, 5) is 37.2. The molecule has 1 aromatic rings. The van der Waals surface area contributed by atoms with Gasteiger partial charge in [-0.1, -0.05) is 11.6 Å². The van der Waals surface area contributed by atoms with Crippen LogP contribution < -0.4 is 0 Å². The van der Waals surface area contributed by atoms with E-state index in [9.17, 15) is 24.6 Å². The van der Waals surface area contributed by atoms with Gasteiger partial charge in [0.05, 0.1) is 5.56 Å². The summed E-state index contributed by atoms with van der Waals surface area (Å²) in [5, 5.41) is 19.8. The van der Waals surface area contributed by atoms with Crippen molar-refractivity contribution in [3.63, 3.8) is 0 Å². The first-order chi connectivity index (χ1) is 11.3. The van der Waals surface area contributed by atoms with E-state index in [1.54, 1.807) is 6.92 Å². The molecule has 1 saturated heterocycles. The number of esters is 1. The number of carbonyl (C=O) groups is 3. The average Bonchev–Trinajstić information content (AvgIpc) is 2.99. The number of phenols is 1. The van der Waals surface area contributed by atoms with Crippen molar-refractivity contribution in [1.82, 2.24) is 4.90 Å². The topological polar surface area (TPSA) is 104 Å². The van der Waals surface area contributed by atoms with Gasteiger partial charge in [-0.2, -0.15) is 0 Å². The fraction of sp³-hybridized carbons (Fsp3) is 0.438. The molecule has 8 heteroatoms. The number of carboxylic acids is 1. The Hall–Kier alpha value is -2.28. The number of cyclic esters (lactones) is 1. The van der Waals surface area contributed by atoms with Crippen molar-refractivity contribution in [3.05, 3.63) is 27.8 Å². The first-order valence-corrected chi connectivity index (χ1v) is 7.98. The summed E-state index contributed by atoms with van der Waals surface area (Å²) in [7, 11) is 0. The molecule has 1 unspecified atom stereocenters. The normalized spacial score (nSPS) is 22.9. The summed E-state index contributed by atoms with van der Waals surface area (Å²) in [5.41, 5.74) is 0.138. The third-order valence-electron chi connectivity index (χ3n) is 4.39. The maximum Gasteiger partial charge on any atom is 0.342 e. The van der Waals surface area contributed by atoms with Crippen LogP contribution in [0.5, 0.6) is 5.75 Å². The molecule has 2 N–H and O–H groups in total. The van der Waals surface area contributed by atoms with Crippen molar-refractivity contribution >= 4 is 29.4 Å². The molecule has 0 spiro atoms. The van der Waals surface area contributed by atoms with Gasteiger partial charge in [0.25, 0.3) is 5.91 Å². The Kier molecular flexibility index (Phi) is 4.13. The van der Waals surface area contributed by atoms with Crippen LogP contribution in [0.1, 0.15) is 46.0 Å². The van der Waals surface area contributed by atoms with Gasteiger partial charge in [-0.25, -0.2) is 9.59 Å². The summed E-state index contributed by atoms with van der Waals surface area (Å²) in [5.74, 6) is -3.01. The van der Waals surface area contributed by atoms with Crippen molar-refractivity contribution < 1.29 is 29.3 Å². The molecule has 1 fully saturated rings. The number of amides is 1. The van der Waals surface area contributed by atoms with Crippen LogP contribution in [0.3, 0.4) is 0 Å². The maximum atomic E-state index is 12.7. The van der Waals surface area contributed by atoms with Gasteiger partial charge in [0.2, 0.25) is 0 Å². The molecule has 0 saturated carbocycles. The van der Waals surface area contributed by atoms with Gasteiger partial charge in [0.15, 0.2) is 0 Å². The predicted molar refractivity (Wildman–Crippen MR) is 83.4 cm³/mol. The van der Waals surface area contributed by atoms with E-state index in [0.29, 0.717) is 24.8 Å². The average molecular weight is 354 g/mol. The van der Waals surface area contributed by atoms with Crippen LogP contribution in [-0.4, -0.2) is 51.6 Å². The SMILES string of the molecule is CC1Cc2c(Cl)cc(C(=O)N3CCC[C@H]3C(=O)O)c(O)c2C(=O)O1. The number of likely N-dealkylation sites (tertiary alicyclic amines) is 1. The molecule has 2 atom stereocenters. The zero-order chi connectivity index (χ0) is 17.6. The number of ether oxygens (including phenoxy) is 1. The minimum absolute atomic E-state index is 0.116. The first-order valence-electron chi connectivity index (χ1n) is 7.60. The monoisotopic (exact) mass is 353 g/mol. The van der Waals surface area contributed by atoms with Gasteiger partial charge in [0.1, 0.15) is 23.5 Å². The molecule has 2 aliphatic rings. The fourth-order valence-electron chi connectivity index (χ4n) is 3.25. The van der Waals surface area contributed by atoms with Crippen LogP contribution in [0.4, 0.5) is 0 Å². The third-order valence-corrected chi connectivity index (χ3v) is 4.72. The molecule has 128 valence electrons. The van der Waals surface area contributed by atoms with Crippen LogP contribution in [-0.2, 0) is 16.0 Å². The zero-order valence-electron chi connectivity index (χ0n) is 12.9. The van der Waals surface area contributed by atoms with Crippen LogP contribution in [0.2, 0.25) is 5.02 Å². The van der Waals surface area contributed by atoms with Crippen molar-refractivity contribution in [2.24, 2.45) is 0 Å². The van der Waals surface area contributed by atoms with Crippen LogP contribution in [0, 0.1) is 0 Å². The number of aromatic hydroxyl groups is 1. The molecule has 1 aromatic carbocycles. The zero-order valence-corrected chi connectivity index (χ0v) is 13.7. The maximum absolute atomic E-state index is 12.7. The van der Waals surface area contributed by atoms with Crippen LogP contribution in [0.15, 0.2) is 6.07 Å². The molecule has 2 heterocycles. The van der Waals surface area contributed by atoms with E-state index < -0.39 is 29.6 Å². The molecular weight excluding hydrogens is 338 g/mol. The number of hydrogen-bond acceptors (Lipinski definition) is 5. The lowest BCUT2D eigenvalue weighted by molar-refractivity contribution is -0.141. The minimum atomic E-state index is -1.10.